The first-order valence-electron chi connectivity index (χ1n) is 4.16. The molecule has 2 heteroatoms. The average molecular weight is 173 g/mol. The van der Waals surface area contributed by atoms with Crippen molar-refractivity contribution in [3.05, 3.63) is 35.9 Å². The Morgan fingerprint density at radius 3 is 2.69 bits per heavy atom. The Bertz CT molecular complexity index is 458. The molecule has 0 unspecified atom stereocenters. The molecule has 0 aromatic heterocycles. The number of aryl methyl sites for hydroxylation is 1. The van der Waals surface area contributed by atoms with E-state index < -0.39 is 0 Å². The van der Waals surface area contributed by atoms with Gasteiger partial charge >= 0.3 is 0 Å². The molecule has 0 amide bonds. The van der Waals surface area contributed by atoms with Gasteiger partial charge in [0, 0.05) is 17.1 Å². The van der Waals surface area contributed by atoms with Gasteiger partial charge in [-0.15, -0.1) is 0 Å². The summed E-state index contributed by atoms with van der Waals surface area (Å²) in [5.41, 5.74) is 7.37. The first kappa shape index (κ1) is 7.92. The first-order chi connectivity index (χ1) is 6.16. The zero-order valence-electron chi connectivity index (χ0n) is 7.41. The van der Waals surface area contributed by atoms with E-state index in [9.17, 15) is 5.11 Å². The topological polar surface area (TPSA) is 46.2 Å². The number of rotatable bonds is 0. The minimum absolute atomic E-state index is 0.245. The van der Waals surface area contributed by atoms with Gasteiger partial charge < -0.3 is 10.8 Å². The smallest absolute Gasteiger partial charge is 0.125 e. The molecule has 0 atom stereocenters. The van der Waals surface area contributed by atoms with Gasteiger partial charge in [-0.05, 0) is 18.4 Å². The minimum atomic E-state index is 0.245. The first-order valence-corrected chi connectivity index (χ1v) is 4.16. The second kappa shape index (κ2) is 2.66. The standard InChI is InChI=1S/C11H11NO/c1-7-2-3-10-8(4-7)5-9(12)6-11(10)13/h2-6,13H,12H2,1H3. The number of anilines is 1. The van der Waals surface area contributed by atoms with Gasteiger partial charge in [-0.25, -0.2) is 0 Å². The summed E-state index contributed by atoms with van der Waals surface area (Å²) in [6, 6.07) is 9.31. The Labute approximate surface area is 76.6 Å². The van der Waals surface area contributed by atoms with Gasteiger partial charge in [-0.1, -0.05) is 23.8 Å². The number of hydrogen-bond acceptors (Lipinski definition) is 2. The van der Waals surface area contributed by atoms with Crippen LogP contribution in [0, 0.1) is 6.92 Å². The van der Waals surface area contributed by atoms with Crippen molar-refractivity contribution in [2.45, 2.75) is 6.92 Å². The minimum Gasteiger partial charge on any atom is -0.507 e. The molecule has 3 N–H and O–H groups in total. The number of hydrogen-bond donors (Lipinski definition) is 2. The van der Waals surface area contributed by atoms with Crippen molar-refractivity contribution in [2.75, 3.05) is 5.73 Å². The molecule has 13 heavy (non-hydrogen) atoms. The van der Waals surface area contributed by atoms with Crippen molar-refractivity contribution in [1.29, 1.82) is 0 Å². The Balaban J connectivity index is 2.86. The average Bonchev–Trinajstić information content (AvgIpc) is 2.02. The van der Waals surface area contributed by atoms with E-state index in [1.807, 2.05) is 31.2 Å². The number of nitrogens with two attached hydrogens (primary N) is 1. The lowest BCUT2D eigenvalue weighted by Crippen LogP contribution is -1.85. The van der Waals surface area contributed by atoms with Crippen LogP contribution in [0.15, 0.2) is 30.3 Å². The molecule has 0 aliphatic heterocycles. The van der Waals surface area contributed by atoms with Crippen LogP contribution in [0.3, 0.4) is 0 Å². The van der Waals surface area contributed by atoms with Crippen LogP contribution in [0.2, 0.25) is 0 Å². The molecule has 66 valence electrons. The summed E-state index contributed by atoms with van der Waals surface area (Å²) in [5, 5.41) is 11.4. The predicted octanol–water partition coefficient (Wildman–Crippen LogP) is 2.44. The summed E-state index contributed by atoms with van der Waals surface area (Å²) in [6.45, 7) is 2.01. The molecule has 2 aromatic carbocycles. The molecular formula is C11H11NO. The molecule has 0 radical (unpaired) electrons. The highest BCUT2D eigenvalue weighted by Crippen LogP contribution is 2.28. The molecule has 0 fully saturated rings. The van der Waals surface area contributed by atoms with Crippen molar-refractivity contribution in [2.24, 2.45) is 0 Å². The molecule has 2 rings (SSSR count). The summed E-state index contributed by atoms with van der Waals surface area (Å²) in [5.74, 6) is 0.245. The summed E-state index contributed by atoms with van der Waals surface area (Å²) >= 11 is 0. The largest absolute Gasteiger partial charge is 0.507 e. The van der Waals surface area contributed by atoms with Gasteiger partial charge in [-0.3, -0.25) is 0 Å². The third kappa shape index (κ3) is 1.31. The highest BCUT2D eigenvalue weighted by Gasteiger charge is 2.00. The number of nitrogen functional groups attached to an aromatic ring is 1. The summed E-state index contributed by atoms with van der Waals surface area (Å²) in [4.78, 5) is 0. The quantitative estimate of drug-likeness (QED) is 0.601. The molecule has 0 saturated heterocycles. The van der Waals surface area contributed by atoms with Crippen LogP contribution in [0.25, 0.3) is 10.8 Å². The third-order valence-electron chi connectivity index (χ3n) is 2.11. The second-order valence-electron chi connectivity index (χ2n) is 3.26. The maximum absolute atomic E-state index is 9.56. The van der Waals surface area contributed by atoms with Crippen LogP contribution in [-0.2, 0) is 0 Å². The molecule has 0 aliphatic carbocycles. The van der Waals surface area contributed by atoms with E-state index in [-0.39, 0.29) is 5.75 Å². The maximum atomic E-state index is 9.56. The number of benzene rings is 2. The van der Waals surface area contributed by atoms with E-state index in [2.05, 4.69) is 0 Å². The third-order valence-corrected chi connectivity index (χ3v) is 2.11. The van der Waals surface area contributed by atoms with Crippen molar-refractivity contribution in [3.63, 3.8) is 0 Å². The van der Waals surface area contributed by atoms with E-state index in [0.29, 0.717) is 5.69 Å². The van der Waals surface area contributed by atoms with Gasteiger partial charge in [0.05, 0.1) is 0 Å². The van der Waals surface area contributed by atoms with Crippen LogP contribution in [-0.4, -0.2) is 5.11 Å². The second-order valence-corrected chi connectivity index (χ2v) is 3.26. The zero-order chi connectivity index (χ0) is 9.42. The molecular weight excluding hydrogens is 162 g/mol. The molecule has 2 aromatic rings. The normalized spacial score (nSPS) is 10.5. The van der Waals surface area contributed by atoms with E-state index in [0.717, 1.165) is 16.3 Å². The molecule has 2 nitrogen and oxygen atoms in total. The van der Waals surface area contributed by atoms with Crippen LogP contribution in [0.4, 0.5) is 5.69 Å². The lowest BCUT2D eigenvalue weighted by Gasteiger charge is -2.03. The Morgan fingerprint density at radius 2 is 1.92 bits per heavy atom. The highest BCUT2D eigenvalue weighted by atomic mass is 16.3. The fourth-order valence-corrected chi connectivity index (χ4v) is 1.49. The lowest BCUT2D eigenvalue weighted by atomic mass is 10.1. The van der Waals surface area contributed by atoms with Crippen molar-refractivity contribution >= 4 is 16.5 Å². The van der Waals surface area contributed by atoms with E-state index in [1.54, 1.807) is 6.07 Å². The zero-order valence-corrected chi connectivity index (χ0v) is 7.41. The Morgan fingerprint density at radius 1 is 1.15 bits per heavy atom. The highest BCUT2D eigenvalue weighted by molar-refractivity contribution is 5.91. The molecule has 0 aliphatic rings. The molecule has 0 saturated carbocycles. The number of aromatic hydroxyl groups is 1. The van der Waals surface area contributed by atoms with Gasteiger partial charge in [-0.2, -0.15) is 0 Å². The van der Waals surface area contributed by atoms with E-state index >= 15 is 0 Å². The molecule has 0 bridgehead atoms. The van der Waals surface area contributed by atoms with Crippen LogP contribution >= 0.6 is 0 Å². The van der Waals surface area contributed by atoms with Crippen molar-refractivity contribution < 1.29 is 5.11 Å². The van der Waals surface area contributed by atoms with Gasteiger partial charge in [0.25, 0.3) is 0 Å². The van der Waals surface area contributed by atoms with Gasteiger partial charge in [0.2, 0.25) is 0 Å². The van der Waals surface area contributed by atoms with Crippen LogP contribution < -0.4 is 5.73 Å². The SMILES string of the molecule is Cc1ccc2c(O)cc(N)cc2c1. The van der Waals surface area contributed by atoms with Gasteiger partial charge in [0.15, 0.2) is 0 Å². The van der Waals surface area contributed by atoms with Gasteiger partial charge in [0.1, 0.15) is 5.75 Å². The monoisotopic (exact) mass is 173 g/mol. The number of phenolic OH excluding ortho intramolecular Hbond substituents is 1. The fraction of sp³-hybridized carbons (Fsp3) is 0.0909. The van der Waals surface area contributed by atoms with Crippen molar-refractivity contribution in [3.8, 4) is 5.75 Å². The van der Waals surface area contributed by atoms with Crippen LogP contribution in [0.5, 0.6) is 5.75 Å². The van der Waals surface area contributed by atoms with Crippen molar-refractivity contribution in [1.82, 2.24) is 0 Å². The predicted molar refractivity (Wildman–Crippen MR) is 54.8 cm³/mol. The summed E-state index contributed by atoms with van der Waals surface area (Å²) in [7, 11) is 0. The number of phenols is 1. The molecule has 0 spiro atoms. The van der Waals surface area contributed by atoms with E-state index in [4.69, 9.17) is 5.73 Å². The summed E-state index contributed by atoms with van der Waals surface area (Å²) < 4.78 is 0. The Hall–Kier alpha value is -1.70. The van der Waals surface area contributed by atoms with Crippen LogP contribution in [0.1, 0.15) is 5.56 Å². The fourth-order valence-electron chi connectivity index (χ4n) is 1.49. The molecule has 0 heterocycles. The lowest BCUT2D eigenvalue weighted by molar-refractivity contribution is 0.482. The Kier molecular flexibility index (Phi) is 1.62. The summed E-state index contributed by atoms with van der Waals surface area (Å²) in [6.07, 6.45) is 0. The van der Waals surface area contributed by atoms with E-state index in [1.165, 1.54) is 0 Å². The number of fused-ring (bicyclic) bond motifs is 1. The maximum Gasteiger partial charge on any atom is 0.125 e.